The Morgan fingerprint density at radius 2 is 1.81 bits per heavy atom. The van der Waals surface area contributed by atoms with Crippen LogP contribution in [0.1, 0.15) is 16.7 Å². The molecule has 0 saturated carbocycles. The van der Waals surface area contributed by atoms with E-state index in [9.17, 15) is 4.79 Å². The van der Waals surface area contributed by atoms with Crippen LogP contribution in [0.25, 0.3) is 0 Å². The number of methoxy groups -OCH3 is 1. The van der Waals surface area contributed by atoms with Gasteiger partial charge in [0.1, 0.15) is 11.6 Å². The number of hydrogen-bond donors (Lipinski definition) is 2. The van der Waals surface area contributed by atoms with E-state index in [0.29, 0.717) is 18.7 Å². The third kappa shape index (κ3) is 5.31. The number of carbonyl (C=O) groups excluding carboxylic acids is 1. The zero-order chi connectivity index (χ0) is 19.1. The fraction of sp³-hybridized carbons (Fsp3) is 0.182. The molecule has 0 atom stereocenters. The monoisotopic (exact) mass is 361 g/mol. The van der Waals surface area contributed by atoms with Crippen molar-refractivity contribution in [2.24, 2.45) is 0 Å². The van der Waals surface area contributed by atoms with Gasteiger partial charge in [-0.05, 0) is 30.7 Å². The molecule has 0 aliphatic rings. The molecule has 0 fully saturated rings. The highest BCUT2D eigenvalue weighted by Gasteiger charge is 2.05. The summed E-state index contributed by atoms with van der Waals surface area (Å²) < 4.78 is 5.34. The van der Waals surface area contributed by atoms with Gasteiger partial charge in [0.05, 0.1) is 25.4 Å². The number of ether oxygens (including phenoxy) is 1. The summed E-state index contributed by atoms with van der Waals surface area (Å²) in [5.74, 6) is 1.51. The van der Waals surface area contributed by atoms with Gasteiger partial charge in [0.25, 0.3) is 0 Å². The summed E-state index contributed by atoms with van der Waals surface area (Å²) in [4.78, 5) is 16.5. The molecule has 2 N–H and O–H groups in total. The average molecular weight is 361 g/mol. The topological polar surface area (TPSA) is 63.2 Å². The second kappa shape index (κ2) is 8.85. The molecule has 3 rings (SSSR count). The zero-order valence-electron chi connectivity index (χ0n) is 15.5. The maximum atomic E-state index is 12.2. The SMILES string of the molecule is COc1ccccc1CNc1ccc(NC(=O)Cc2ccc(C)cc2)cn1. The fourth-order valence-corrected chi connectivity index (χ4v) is 2.70. The van der Waals surface area contributed by atoms with Gasteiger partial charge in [-0.15, -0.1) is 0 Å². The Labute approximate surface area is 159 Å². The summed E-state index contributed by atoms with van der Waals surface area (Å²) in [5, 5.41) is 6.13. The maximum absolute atomic E-state index is 12.2. The lowest BCUT2D eigenvalue weighted by atomic mass is 10.1. The van der Waals surface area contributed by atoms with Gasteiger partial charge in [0.2, 0.25) is 5.91 Å². The molecule has 0 aliphatic heterocycles. The first-order valence-electron chi connectivity index (χ1n) is 8.81. The van der Waals surface area contributed by atoms with Crippen molar-refractivity contribution in [2.75, 3.05) is 17.7 Å². The second-order valence-electron chi connectivity index (χ2n) is 6.31. The number of rotatable bonds is 7. The molecule has 138 valence electrons. The van der Waals surface area contributed by atoms with Gasteiger partial charge < -0.3 is 15.4 Å². The smallest absolute Gasteiger partial charge is 0.228 e. The van der Waals surface area contributed by atoms with E-state index in [1.165, 1.54) is 5.56 Å². The van der Waals surface area contributed by atoms with Gasteiger partial charge in [-0.1, -0.05) is 48.0 Å². The number of carbonyl (C=O) groups is 1. The molecule has 27 heavy (non-hydrogen) atoms. The van der Waals surface area contributed by atoms with Crippen molar-refractivity contribution in [3.63, 3.8) is 0 Å². The van der Waals surface area contributed by atoms with Gasteiger partial charge in [0, 0.05) is 12.1 Å². The molecule has 2 aromatic carbocycles. The second-order valence-corrected chi connectivity index (χ2v) is 6.31. The highest BCUT2D eigenvalue weighted by atomic mass is 16.5. The summed E-state index contributed by atoms with van der Waals surface area (Å²) in [6, 6.07) is 19.5. The summed E-state index contributed by atoms with van der Waals surface area (Å²) in [5.41, 5.74) is 3.90. The molecule has 1 amide bonds. The number of benzene rings is 2. The quantitative estimate of drug-likeness (QED) is 0.662. The van der Waals surface area contributed by atoms with E-state index in [0.717, 1.165) is 22.7 Å². The molecule has 1 aromatic heterocycles. The molecule has 5 nitrogen and oxygen atoms in total. The summed E-state index contributed by atoms with van der Waals surface area (Å²) in [6.45, 7) is 2.63. The van der Waals surface area contributed by atoms with Gasteiger partial charge in [0.15, 0.2) is 0 Å². The van der Waals surface area contributed by atoms with Crippen molar-refractivity contribution in [3.05, 3.63) is 83.6 Å². The highest BCUT2D eigenvalue weighted by Crippen LogP contribution is 2.19. The van der Waals surface area contributed by atoms with E-state index in [1.54, 1.807) is 13.3 Å². The first kappa shape index (κ1) is 18.5. The van der Waals surface area contributed by atoms with Crippen LogP contribution in [0, 0.1) is 6.92 Å². The van der Waals surface area contributed by atoms with Crippen LogP contribution >= 0.6 is 0 Å². The Balaban J connectivity index is 1.53. The third-order valence-electron chi connectivity index (χ3n) is 4.19. The number of nitrogens with one attached hydrogen (secondary N) is 2. The first-order chi connectivity index (χ1) is 13.1. The van der Waals surface area contributed by atoms with E-state index in [4.69, 9.17) is 4.74 Å². The predicted octanol–water partition coefficient (Wildman–Crippen LogP) is 4.19. The number of pyridine rings is 1. The van der Waals surface area contributed by atoms with Crippen molar-refractivity contribution >= 4 is 17.4 Å². The number of aromatic nitrogens is 1. The minimum absolute atomic E-state index is 0.0598. The van der Waals surface area contributed by atoms with Gasteiger partial charge in [-0.3, -0.25) is 4.79 Å². The lowest BCUT2D eigenvalue weighted by molar-refractivity contribution is -0.115. The van der Waals surface area contributed by atoms with Crippen LogP contribution in [0.2, 0.25) is 0 Å². The molecule has 0 aliphatic carbocycles. The third-order valence-corrected chi connectivity index (χ3v) is 4.19. The number of hydrogen-bond acceptors (Lipinski definition) is 4. The van der Waals surface area contributed by atoms with E-state index in [1.807, 2.05) is 67.6 Å². The van der Waals surface area contributed by atoms with Crippen molar-refractivity contribution in [2.45, 2.75) is 19.9 Å². The van der Waals surface area contributed by atoms with Crippen molar-refractivity contribution in [1.82, 2.24) is 4.98 Å². The Kier molecular flexibility index (Phi) is 6.05. The van der Waals surface area contributed by atoms with Crippen LogP contribution in [0.15, 0.2) is 66.9 Å². The lowest BCUT2D eigenvalue weighted by Gasteiger charge is -2.10. The lowest BCUT2D eigenvalue weighted by Crippen LogP contribution is -2.14. The van der Waals surface area contributed by atoms with Crippen LogP contribution in [0.3, 0.4) is 0 Å². The number of aryl methyl sites for hydroxylation is 1. The van der Waals surface area contributed by atoms with Gasteiger partial charge >= 0.3 is 0 Å². The maximum Gasteiger partial charge on any atom is 0.228 e. The fourth-order valence-electron chi connectivity index (χ4n) is 2.70. The van der Waals surface area contributed by atoms with E-state index < -0.39 is 0 Å². The molecule has 0 radical (unpaired) electrons. The molecular formula is C22H23N3O2. The van der Waals surface area contributed by atoms with Crippen LogP contribution in [-0.4, -0.2) is 18.0 Å². The standard InChI is InChI=1S/C22H23N3O2/c1-16-7-9-17(10-8-16)13-22(26)25-19-11-12-21(24-15-19)23-14-18-5-3-4-6-20(18)27-2/h3-12,15H,13-14H2,1-2H3,(H,23,24)(H,25,26). The summed E-state index contributed by atoms with van der Waals surface area (Å²) >= 11 is 0. The number of nitrogens with zero attached hydrogens (tertiary/aromatic N) is 1. The van der Waals surface area contributed by atoms with E-state index >= 15 is 0 Å². The summed E-state index contributed by atoms with van der Waals surface area (Å²) in [7, 11) is 1.66. The van der Waals surface area contributed by atoms with E-state index in [-0.39, 0.29) is 5.91 Å². The van der Waals surface area contributed by atoms with Crippen LogP contribution in [-0.2, 0) is 17.8 Å². The Hall–Kier alpha value is -3.34. The number of anilines is 2. The van der Waals surface area contributed by atoms with Crippen molar-refractivity contribution in [3.8, 4) is 5.75 Å². The predicted molar refractivity (Wildman–Crippen MR) is 108 cm³/mol. The molecule has 3 aromatic rings. The minimum Gasteiger partial charge on any atom is -0.496 e. The normalized spacial score (nSPS) is 10.3. The zero-order valence-corrected chi connectivity index (χ0v) is 15.5. The van der Waals surface area contributed by atoms with Crippen LogP contribution in [0.5, 0.6) is 5.75 Å². The minimum atomic E-state index is -0.0598. The van der Waals surface area contributed by atoms with Crippen molar-refractivity contribution < 1.29 is 9.53 Å². The molecule has 0 unspecified atom stereocenters. The van der Waals surface area contributed by atoms with Gasteiger partial charge in [-0.25, -0.2) is 4.98 Å². The molecule has 0 spiro atoms. The summed E-state index contributed by atoms with van der Waals surface area (Å²) in [6.07, 6.45) is 1.99. The van der Waals surface area contributed by atoms with E-state index in [2.05, 4.69) is 15.6 Å². The number of para-hydroxylation sites is 1. The van der Waals surface area contributed by atoms with Gasteiger partial charge in [-0.2, -0.15) is 0 Å². The Morgan fingerprint density at radius 3 is 2.52 bits per heavy atom. The molecule has 0 bridgehead atoms. The van der Waals surface area contributed by atoms with Crippen molar-refractivity contribution in [1.29, 1.82) is 0 Å². The number of amides is 1. The van der Waals surface area contributed by atoms with Crippen LogP contribution < -0.4 is 15.4 Å². The largest absolute Gasteiger partial charge is 0.496 e. The Bertz CT molecular complexity index is 890. The van der Waals surface area contributed by atoms with Crippen LogP contribution in [0.4, 0.5) is 11.5 Å². The first-order valence-corrected chi connectivity index (χ1v) is 8.81. The molecule has 0 saturated heterocycles. The highest BCUT2D eigenvalue weighted by molar-refractivity contribution is 5.92. The molecule has 1 heterocycles. The molecular weight excluding hydrogens is 338 g/mol. The average Bonchev–Trinajstić information content (AvgIpc) is 2.69. The molecule has 5 heteroatoms. The Morgan fingerprint density at radius 1 is 1.04 bits per heavy atom.